The first-order chi connectivity index (χ1) is 11.9. The number of amides is 1. The van der Waals surface area contributed by atoms with Gasteiger partial charge in [0.15, 0.2) is 10.4 Å². The summed E-state index contributed by atoms with van der Waals surface area (Å²) in [4.78, 5) is 16.6. The number of carbonyl (C=O) groups is 1. The molecule has 1 aliphatic heterocycles. The van der Waals surface area contributed by atoms with Crippen molar-refractivity contribution in [3.8, 4) is 0 Å². The van der Waals surface area contributed by atoms with Crippen molar-refractivity contribution in [2.24, 2.45) is 4.99 Å². The number of aryl methyl sites for hydroxylation is 1. The molecule has 1 unspecified atom stereocenters. The lowest BCUT2D eigenvalue weighted by Gasteiger charge is -2.25. The third-order valence-corrected chi connectivity index (χ3v) is 5.35. The molecule has 25 heavy (non-hydrogen) atoms. The van der Waals surface area contributed by atoms with E-state index in [9.17, 15) is 9.90 Å². The van der Waals surface area contributed by atoms with Crippen molar-refractivity contribution >= 4 is 46.6 Å². The van der Waals surface area contributed by atoms with Crippen LogP contribution in [0.25, 0.3) is 5.57 Å². The molecule has 1 heterocycles. The first kappa shape index (κ1) is 18.2. The van der Waals surface area contributed by atoms with Gasteiger partial charge in [-0.2, -0.15) is 0 Å². The number of nitrogens with zero attached hydrogens (tertiary/aromatic N) is 1. The van der Waals surface area contributed by atoms with Gasteiger partial charge < -0.3 is 10.4 Å². The topological polar surface area (TPSA) is 61.7 Å². The summed E-state index contributed by atoms with van der Waals surface area (Å²) in [6, 6.07) is 4.94. The molecule has 3 rings (SSSR count). The second kappa shape index (κ2) is 7.32. The maximum atomic E-state index is 12.5. The monoisotopic (exact) mass is 378 g/mol. The van der Waals surface area contributed by atoms with Crippen LogP contribution in [-0.2, 0) is 11.2 Å². The Hall–Kier alpha value is -1.62. The molecule has 132 valence electrons. The van der Waals surface area contributed by atoms with Crippen LogP contribution in [0.3, 0.4) is 0 Å². The fraction of sp³-hybridized carbons (Fsp3) is 0.368. The summed E-state index contributed by atoms with van der Waals surface area (Å²) in [6.45, 7) is 2.08. The number of dihydropyridines is 1. The highest BCUT2D eigenvalue weighted by Gasteiger charge is 2.38. The molecule has 0 saturated heterocycles. The molecule has 6 heteroatoms. The van der Waals surface area contributed by atoms with Gasteiger partial charge in [-0.25, -0.2) is 0 Å². The Morgan fingerprint density at radius 3 is 2.92 bits per heavy atom. The SMILES string of the molecule is CC1=C(CO)CCCc2ccc(NC(=O)C3N=CC=CC3(Cl)Cl)cc21. The minimum atomic E-state index is -1.36. The van der Waals surface area contributed by atoms with Gasteiger partial charge in [0, 0.05) is 11.9 Å². The number of hydrogen-bond donors (Lipinski definition) is 2. The summed E-state index contributed by atoms with van der Waals surface area (Å²) in [5.41, 5.74) is 5.07. The number of aliphatic imine (C=N–C) groups is 1. The number of carbonyl (C=O) groups excluding carboxylic acids is 1. The van der Waals surface area contributed by atoms with Crippen LogP contribution in [0.4, 0.5) is 5.69 Å². The van der Waals surface area contributed by atoms with Gasteiger partial charge in [-0.3, -0.25) is 9.79 Å². The number of benzene rings is 1. The molecule has 1 aliphatic carbocycles. The number of anilines is 1. The van der Waals surface area contributed by atoms with E-state index in [2.05, 4.69) is 10.3 Å². The predicted molar refractivity (Wildman–Crippen MR) is 104 cm³/mol. The summed E-state index contributed by atoms with van der Waals surface area (Å²) in [7, 11) is 0. The van der Waals surface area contributed by atoms with Crippen molar-refractivity contribution in [3.05, 3.63) is 47.1 Å². The zero-order valence-electron chi connectivity index (χ0n) is 13.9. The lowest BCUT2D eigenvalue weighted by atomic mass is 9.97. The number of alkyl halides is 2. The van der Waals surface area contributed by atoms with Gasteiger partial charge in [-0.05, 0) is 72.7 Å². The minimum absolute atomic E-state index is 0.0615. The summed E-state index contributed by atoms with van der Waals surface area (Å²) in [5.74, 6) is -0.358. The van der Waals surface area contributed by atoms with Crippen molar-refractivity contribution in [2.75, 3.05) is 11.9 Å². The Morgan fingerprint density at radius 2 is 2.20 bits per heavy atom. The van der Waals surface area contributed by atoms with Crippen molar-refractivity contribution in [2.45, 2.75) is 36.6 Å². The van der Waals surface area contributed by atoms with Crippen LogP contribution in [0.2, 0.25) is 0 Å². The van der Waals surface area contributed by atoms with Crippen molar-refractivity contribution in [1.82, 2.24) is 0 Å². The summed E-state index contributed by atoms with van der Waals surface area (Å²) in [5, 5.41) is 12.4. The predicted octanol–water partition coefficient (Wildman–Crippen LogP) is 3.91. The number of nitrogens with one attached hydrogen (secondary N) is 1. The van der Waals surface area contributed by atoms with E-state index in [0.717, 1.165) is 36.0 Å². The Morgan fingerprint density at radius 1 is 1.40 bits per heavy atom. The van der Waals surface area contributed by atoms with Gasteiger partial charge in [-0.1, -0.05) is 29.3 Å². The van der Waals surface area contributed by atoms with Crippen LogP contribution in [0, 0.1) is 0 Å². The Bertz CT molecular complexity index is 782. The zero-order chi connectivity index (χ0) is 18.0. The standard InChI is InChI=1S/C19H20Cl2N2O2/c1-12-14(11-24)5-2-4-13-6-7-15(10-16(12)13)23-18(25)17-19(20,21)8-3-9-22-17/h3,6-10,17,24H,2,4-5,11H2,1H3,(H,23,25). The van der Waals surface area contributed by atoms with Crippen LogP contribution in [0.15, 0.2) is 40.9 Å². The van der Waals surface area contributed by atoms with Crippen LogP contribution < -0.4 is 5.32 Å². The highest BCUT2D eigenvalue weighted by Crippen LogP contribution is 2.34. The third kappa shape index (κ3) is 3.81. The fourth-order valence-corrected chi connectivity index (χ4v) is 3.70. The molecular formula is C19H20Cl2N2O2. The van der Waals surface area contributed by atoms with Crippen LogP contribution in [-0.4, -0.2) is 34.2 Å². The van der Waals surface area contributed by atoms with Gasteiger partial charge >= 0.3 is 0 Å². The molecule has 1 aromatic rings. The van der Waals surface area contributed by atoms with E-state index in [1.807, 2.05) is 25.1 Å². The first-order valence-electron chi connectivity index (χ1n) is 8.25. The largest absolute Gasteiger partial charge is 0.392 e. The first-order valence-corrected chi connectivity index (χ1v) is 9.00. The Kier molecular flexibility index (Phi) is 5.32. The van der Waals surface area contributed by atoms with Crippen LogP contribution >= 0.6 is 23.2 Å². The van der Waals surface area contributed by atoms with E-state index < -0.39 is 10.4 Å². The summed E-state index contributed by atoms with van der Waals surface area (Å²) >= 11 is 12.3. The number of aliphatic hydroxyl groups excluding tert-OH is 1. The molecule has 1 atom stereocenters. The normalized spacial score (nSPS) is 21.7. The molecule has 0 fully saturated rings. The highest BCUT2D eigenvalue weighted by molar-refractivity contribution is 6.52. The van der Waals surface area contributed by atoms with Gasteiger partial charge in [0.2, 0.25) is 0 Å². The second-order valence-electron chi connectivity index (χ2n) is 6.34. The summed E-state index contributed by atoms with van der Waals surface area (Å²) in [6.07, 6.45) is 7.54. The van der Waals surface area contributed by atoms with Crippen LogP contribution in [0.5, 0.6) is 0 Å². The molecule has 2 aliphatic rings. The Balaban J connectivity index is 1.86. The third-order valence-electron chi connectivity index (χ3n) is 4.68. The molecule has 1 aromatic carbocycles. The number of halogens is 2. The minimum Gasteiger partial charge on any atom is -0.392 e. The smallest absolute Gasteiger partial charge is 0.252 e. The van der Waals surface area contributed by atoms with E-state index >= 15 is 0 Å². The number of aliphatic hydroxyl groups is 1. The molecule has 0 bridgehead atoms. The average Bonchev–Trinajstić information content (AvgIpc) is 2.73. The van der Waals surface area contributed by atoms with Crippen molar-refractivity contribution in [1.29, 1.82) is 0 Å². The quantitative estimate of drug-likeness (QED) is 0.783. The van der Waals surface area contributed by atoms with Crippen molar-refractivity contribution < 1.29 is 9.90 Å². The number of hydrogen-bond acceptors (Lipinski definition) is 3. The van der Waals surface area contributed by atoms with E-state index in [-0.39, 0.29) is 12.5 Å². The molecule has 4 nitrogen and oxygen atoms in total. The summed E-state index contributed by atoms with van der Waals surface area (Å²) < 4.78 is -1.36. The molecule has 1 amide bonds. The van der Waals surface area contributed by atoms with Crippen LogP contribution in [0.1, 0.15) is 30.9 Å². The van der Waals surface area contributed by atoms with E-state index in [1.54, 1.807) is 12.2 Å². The number of fused-ring (bicyclic) bond motifs is 1. The maximum absolute atomic E-state index is 12.5. The van der Waals surface area contributed by atoms with Gasteiger partial charge in [0.05, 0.1) is 6.61 Å². The van der Waals surface area contributed by atoms with E-state index in [4.69, 9.17) is 23.2 Å². The molecule has 0 spiro atoms. The van der Waals surface area contributed by atoms with Gasteiger partial charge in [0.1, 0.15) is 0 Å². The molecule has 0 radical (unpaired) electrons. The van der Waals surface area contributed by atoms with E-state index in [1.165, 1.54) is 11.8 Å². The zero-order valence-corrected chi connectivity index (χ0v) is 15.4. The van der Waals surface area contributed by atoms with E-state index in [0.29, 0.717) is 5.69 Å². The maximum Gasteiger partial charge on any atom is 0.252 e. The molecule has 2 N–H and O–H groups in total. The molecular weight excluding hydrogens is 359 g/mol. The number of allylic oxidation sites excluding steroid dienone is 2. The Labute approximate surface area is 157 Å². The average molecular weight is 379 g/mol. The highest BCUT2D eigenvalue weighted by atomic mass is 35.5. The molecule has 0 aromatic heterocycles. The van der Waals surface area contributed by atoms with Gasteiger partial charge in [-0.15, -0.1) is 0 Å². The number of rotatable bonds is 3. The fourth-order valence-electron chi connectivity index (χ4n) is 3.24. The van der Waals surface area contributed by atoms with Gasteiger partial charge in [0.25, 0.3) is 5.91 Å². The lowest BCUT2D eigenvalue weighted by Crippen LogP contribution is -2.40. The lowest BCUT2D eigenvalue weighted by molar-refractivity contribution is -0.117. The molecule has 0 saturated carbocycles. The second-order valence-corrected chi connectivity index (χ2v) is 7.78. The van der Waals surface area contributed by atoms with Crippen molar-refractivity contribution in [3.63, 3.8) is 0 Å².